The van der Waals surface area contributed by atoms with E-state index in [9.17, 15) is 10.4 Å². The predicted octanol–water partition coefficient (Wildman–Crippen LogP) is 7.08. The van der Waals surface area contributed by atoms with Gasteiger partial charge < -0.3 is 28.8 Å². The normalized spacial score (nSPS) is 22.2. The Balaban J connectivity index is 1.38. The fourth-order valence-electron chi connectivity index (χ4n) is 5.87. The van der Waals surface area contributed by atoms with Gasteiger partial charge in [-0.3, -0.25) is 0 Å². The number of ether oxygens (including phenoxy) is 5. The summed E-state index contributed by atoms with van der Waals surface area (Å²) in [5.41, 5.74) is 4.78. The van der Waals surface area contributed by atoms with Gasteiger partial charge >= 0.3 is 0 Å². The lowest BCUT2D eigenvalue weighted by Gasteiger charge is -2.50. The molecule has 244 valence electrons. The molecule has 0 amide bonds. The van der Waals surface area contributed by atoms with Crippen molar-refractivity contribution >= 4 is 0 Å². The van der Waals surface area contributed by atoms with Crippen LogP contribution in [0.5, 0.6) is 0 Å². The SMILES string of the molecule is N#Cc1ccc([C@]2(O)O[C@H](COCc3ccccc3)[C@@H](OCc3ccccc3)[C@H](OCc3ccccc3)[C@H]2OCc2ccccc2)cc1. The quantitative estimate of drug-likeness (QED) is 0.139. The van der Waals surface area contributed by atoms with Gasteiger partial charge in [0.2, 0.25) is 5.79 Å². The van der Waals surface area contributed by atoms with E-state index in [-0.39, 0.29) is 26.4 Å². The smallest absolute Gasteiger partial charge is 0.222 e. The number of hydrogen-bond acceptors (Lipinski definition) is 7. The monoisotopic (exact) mass is 641 g/mol. The topological polar surface area (TPSA) is 90.2 Å². The molecule has 5 aromatic carbocycles. The van der Waals surface area contributed by atoms with Crippen molar-refractivity contribution in [2.45, 2.75) is 56.6 Å². The minimum Gasteiger partial charge on any atom is -0.374 e. The Hall–Kier alpha value is -4.65. The van der Waals surface area contributed by atoms with E-state index in [1.54, 1.807) is 24.3 Å². The third kappa shape index (κ3) is 8.43. The number of benzene rings is 5. The van der Waals surface area contributed by atoms with Crippen LogP contribution in [-0.4, -0.2) is 36.1 Å². The first kappa shape index (κ1) is 33.3. The number of nitrogens with zero attached hydrogens (tertiary/aromatic N) is 1. The Labute approximate surface area is 281 Å². The maximum atomic E-state index is 12.7. The molecule has 1 aliphatic heterocycles. The van der Waals surface area contributed by atoms with Crippen LogP contribution < -0.4 is 0 Å². The molecule has 0 radical (unpaired) electrons. The minimum absolute atomic E-state index is 0.115. The van der Waals surface area contributed by atoms with E-state index in [4.69, 9.17) is 23.7 Å². The molecule has 0 spiro atoms. The molecule has 1 aliphatic rings. The summed E-state index contributed by atoms with van der Waals surface area (Å²) in [7, 11) is 0. The molecular weight excluding hydrogens is 602 g/mol. The summed E-state index contributed by atoms with van der Waals surface area (Å²) in [6.45, 7) is 1.20. The van der Waals surface area contributed by atoms with E-state index >= 15 is 0 Å². The molecule has 0 unspecified atom stereocenters. The first-order valence-corrected chi connectivity index (χ1v) is 16.1. The van der Waals surface area contributed by atoms with Gasteiger partial charge in [0.1, 0.15) is 24.4 Å². The Kier molecular flexibility index (Phi) is 11.4. The van der Waals surface area contributed by atoms with Crippen LogP contribution in [0.1, 0.15) is 33.4 Å². The highest BCUT2D eigenvalue weighted by Gasteiger charge is 2.57. The van der Waals surface area contributed by atoms with Crippen LogP contribution in [0, 0.1) is 11.3 Å². The van der Waals surface area contributed by atoms with Crippen molar-refractivity contribution in [3.8, 4) is 6.07 Å². The predicted molar refractivity (Wildman–Crippen MR) is 181 cm³/mol. The fourth-order valence-corrected chi connectivity index (χ4v) is 5.87. The van der Waals surface area contributed by atoms with E-state index in [0.717, 1.165) is 22.3 Å². The van der Waals surface area contributed by atoms with Crippen LogP contribution in [0.15, 0.2) is 146 Å². The van der Waals surface area contributed by atoms with Crippen molar-refractivity contribution in [3.63, 3.8) is 0 Å². The average molecular weight is 642 g/mol. The second-order valence-electron chi connectivity index (χ2n) is 11.8. The molecular formula is C41H39NO6. The highest BCUT2D eigenvalue weighted by atomic mass is 16.7. The van der Waals surface area contributed by atoms with Crippen LogP contribution in [-0.2, 0) is 55.9 Å². The molecule has 0 saturated carbocycles. The van der Waals surface area contributed by atoms with Crippen LogP contribution in [0.25, 0.3) is 0 Å². The fraction of sp³-hybridized carbons (Fsp3) is 0.244. The van der Waals surface area contributed by atoms with Gasteiger partial charge in [-0.1, -0.05) is 133 Å². The highest BCUT2D eigenvalue weighted by Crippen LogP contribution is 2.41. The van der Waals surface area contributed by atoms with E-state index in [1.165, 1.54) is 0 Å². The van der Waals surface area contributed by atoms with E-state index in [2.05, 4.69) is 6.07 Å². The van der Waals surface area contributed by atoms with Gasteiger partial charge in [-0.2, -0.15) is 5.26 Å². The Bertz CT molecular complexity index is 1710. The molecule has 1 saturated heterocycles. The highest BCUT2D eigenvalue weighted by molar-refractivity contribution is 5.34. The summed E-state index contributed by atoms with van der Waals surface area (Å²) in [6.07, 6.45) is -3.27. The molecule has 6 rings (SSSR count). The van der Waals surface area contributed by atoms with Crippen molar-refractivity contribution in [2.75, 3.05) is 6.61 Å². The molecule has 1 heterocycles. The van der Waals surface area contributed by atoms with Crippen LogP contribution in [0.3, 0.4) is 0 Å². The lowest BCUT2D eigenvalue weighted by molar-refractivity contribution is -0.378. The largest absolute Gasteiger partial charge is 0.374 e. The molecule has 0 aliphatic carbocycles. The number of aliphatic hydroxyl groups is 1. The third-order valence-electron chi connectivity index (χ3n) is 8.37. The summed E-state index contributed by atoms with van der Waals surface area (Å²) < 4.78 is 32.9. The van der Waals surface area contributed by atoms with Crippen molar-refractivity contribution in [3.05, 3.63) is 179 Å². The Morgan fingerprint density at radius 2 is 1.00 bits per heavy atom. The molecule has 0 aromatic heterocycles. The molecule has 7 heteroatoms. The maximum Gasteiger partial charge on any atom is 0.222 e. The lowest BCUT2D eigenvalue weighted by atomic mass is 9.87. The van der Waals surface area contributed by atoms with E-state index in [0.29, 0.717) is 17.7 Å². The van der Waals surface area contributed by atoms with Crippen molar-refractivity contribution < 1.29 is 28.8 Å². The average Bonchev–Trinajstić information content (AvgIpc) is 3.15. The number of rotatable bonds is 14. The standard InChI is InChI=1S/C41H39NO6/c42-25-31-21-23-36(24-22-31)41(43)40(47-29-35-19-11-4-12-20-35)39(46-28-34-17-9-3-10-18-34)38(45-27-33-15-7-2-8-16-33)37(48-41)30-44-26-32-13-5-1-6-14-32/h1-24,37-40,43H,26-30H2/t37-,38-,39+,40-,41+/m1/s1. The van der Waals surface area contributed by atoms with Gasteiger partial charge in [-0.25, -0.2) is 0 Å². The molecule has 48 heavy (non-hydrogen) atoms. The van der Waals surface area contributed by atoms with Crippen molar-refractivity contribution in [1.29, 1.82) is 5.26 Å². The van der Waals surface area contributed by atoms with Gasteiger partial charge in [0.15, 0.2) is 0 Å². The zero-order valence-corrected chi connectivity index (χ0v) is 26.6. The molecule has 1 N–H and O–H groups in total. The van der Waals surface area contributed by atoms with Gasteiger partial charge in [0.05, 0.1) is 44.7 Å². The van der Waals surface area contributed by atoms with Crippen LogP contribution in [0.2, 0.25) is 0 Å². The summed E-state index contributed by atoms with van der Waals surface area (Å²) in [5, 5.41) is 22.2. The van der Waals surface area contributed by atoms with Crippen molar-refractivity contribution in [1.82, 2.24) is 0 Å². The maximum absolute atomic E-state index is 12.7. The second-order valence-corrected chi connectivity index (χ2v) is 11.8. The first-order valence-electron chi connectivity index (χ1n) is 16.1. The summed E-state index contributed by atoms with van der Waals surface area (Å²) in [4.78, 5) is 0. The molecule has 1 fully saturated rings. The summed E-state index contributed by atoms with van der Waals surface area (Å²) in [6, 6.07) is 48.3. The minimum atomic E-state index is -1.97. The van der Waals surface area contributed by atoms with Gasteiger partial charge in [0.25, 0.3) is 0 Å². The summed E-state index contributed by atoms with van der Waals surface area (Å²) >= 11 is 0. The molecule has 5 atom stereocenters. The zero-order valence-electron chi connectivity index (χ0n) is 26.6. The number of nitriles is 1. The van der Waals surface area contributed by atoms with Crippen LogP contribution in [0.4, 0.5) is 0 Å². The Morgan fingerprint density at radius 3 is 1.48 bits per heavy atom. The molecule has 7 nitrogen and oxygen atoms in total. The summed E-state index contributed by atoms with van der Waals surface area (Å²) in [5.74, 6) is -1.97. The van der Waals surface area contributed by atoms with Crippen molar-refractivity contribution in [2.24, 2.45) is 0 Å². The second kappa shape index (κ2) is 16.4. The van der Waals surface area contributed by atoms with Gasteiger partial charge in [-0.15, -0.1) is 0 Å². The third-order valence-corrected chi connectivity index (χ3v) is 8.37. The van der Waals surface area contributed by atoms with E-state index in [1.807, 2.05) is 121 Å². The molecule has 0 bridgehead atoms. The zero-order chi connectivity index (χ0) is 33.0. The van der Waals surface area contributed by atoms with E-state index < -0.39 is 30.2 Å². The Morgan fingerprint density at radius 1 is 0.562 bits per heavy atom. The van der Waals surface area contributed by atoms with Crippen LogP contribution >= 0.6 is 0 Å². The molecule has 5 aromatic rings. The first-order chi connectivity index (χ1) is 23.6. The number of hydrogen-bond donors (Lipinski definition) is 1. The van der Waals surface area contributed by atoms with Gasteiger partial charge in [0, 0.05) is 5.56 Å². The van der Waals surface area contributed by atoms with Gasteiger partial charge in [-0.05, 0) is 34.4 Å². The lowest BCUT2D eigenvalue weighted by Crippen LogP contribution is -2.65.